The van der Waals surface area contributed by atoms with Crippen LogP contribution >= 0.6 is 0 Å². The first-order valence-corrected chi connectivity index (χ1v) is 8.01. The lowest BCUT2D eigenvalue weighted by Gasteiger charge is -2.12. The molecule has 0 bridgehead atoms. The number of rotatable bonds is 4. The summed E-state index contributed by atoms with van der Waals surface area (Å²) in [5.41, 5.74) is 3.90. The minimum Gasteiger partial charge on any atom is -0.445 e. The van der Waals surface area contributed by atoms with E-state index in [1.807, 2.05) is 39.0 Å². The zero-order valence-electron chi connectivity index (χ0n) is 14.9. The van der Waals surface area contributed by atoms with Crippen LogP contribution in [0.5, 0.6) is 0 Å². The molecule has 1 heterocycles. The summed E-state index contributed by atoms with van der Waals surface area (Å²) in [5, 5.41) is 2.98. The van der Waals surface area contributed by atoms with Crippen molar-refractivity contribution in [2.24, 2.45) is 0 Å². The highest BCUT2D eigenvalue weighted by molar-refractivity contribution is 5.91. The minimum absolute atomic E-state index is 0.00758. The van der Waals surface area contributed by atoms with Crippen molar-refractivity contribution in [3.05, 3.63) is 46.7 Å². The van der Waals surface area contributed by atoms with E-state index in [2.05, 4.69) is 31.1 Å². The lowest BCUT2D eigenvalue weighted by molar-refractivity contribution is -0.116. The van der Waals surface area contributed by atoms with Crippen molar-refractivity contribution < 1.29 is 9.21 Å². The van der Waals surface area contributed by atoms with Gasteiger partial charge in [0.05, 0.1) is 5.69 Å². The summed E-state index contributed by atoms with van der Waals surface area (Å²) in [7, 11) is 0. The van der Waals surface area contributed by atoms with Crippen molar-refractivity contribution in [2.45, 2.75) is 59.8 Å². The third-order valence-corrected chi connectivity index (χ3v) is 3.99. The van der Waals surface area contributed by atoms with Crippen LogP contribution < -0.4 is 5.32 Å². The van der Waals surface area contributed by atoms with Gasteiger partial charge in [-0.3, -0.25) is 4.79 Å². The van der Waals surface area contributed by atoms with E-state index < -0.39 is 0 Å². The van der Waals surface area contributed by atoms with Gasteiger partial charge in [-0.25, -0.2) is 4.98 Å². The van der Waals surface area contributed by atoms with Gasteiger partial charge in [-0.1, -0.05) is 32.9 Å². The molecule has 0 atom stereocenters. The Balaban J connectivity index is 2.00. The summed E-state index contributed by atoms with van der Waals surface area (Å²) >= 11 is 0. The Kier molecular flexibility index (Phi) is 4.93. The fourth-order valence-electron chi connectivity index (χ4n) is 2.31. The molecule has 0 radical (unpaired) electrons. The molecule has 4 heteroatoms. The Hall–Kier alpha value is -2.10. The molecule has 0 unspecified atom stereocenters. The third-order valence-electron chi connectivity index (χ3n) is 3.99. The van der Waals surface area contributed by atoms with Crippen molar-refractivity contribution in [2.75, 3.05) is 5.32 Å². The van der Waals surface area contributed by atoms with Crippen molar-refractivity contribution in [1.29, 1.82) is 0 Å². The van der Waals surface area contributed by atoms with Crippen LogP contribution in [-0.2, 0) is 16.6 Å². The van der Waals surface area contributed by atoms with Crippen molar-refractivity contribution in [3.8, 4) is 0 Å². The Morgan fingerprint density at radius 2 is 1.91 bits per heavy atom. The number of oxazole rings is 1. The van der Waals surface area contributed by atoms with Gasteiger partial charge < -0.3 is 9.73 Å². The first-order chi connectivity index (χ1) is 10.7. The fourth-order valence-corrected chi connectivity index (χ4v) is 2.31. The number of amides is 1. The molecule has 0 fully saturated rings. The Labute approximate surface area is 138 Å². The molecule has 0 aliphatic rings. The first-order valence-electron chi connectivity index (χ1n) is 8.01. The quantitative estimate of drug-likeness (QED) is 0.906. The number of nitrogens with zero attached hydrogens (tertiary/aromatic N) is 1. The van der Waals surface area contributed by atoms with E-state index in [-0.39, 0.29) is 11.3 Å². The monoisotopic (exact) mass is 314 g/mol. The number of aromatic nitrogens is 1. The molecule has 1 N–H and O–H groups in total. The highest BCUT2D eigenvalue weighted by atomic mass is 16.4. The number of carbonyl (C=O) groups excluding carboxylic acids is 1. The maximum atomic E-state index is 12.2. The maximum Gasteiger partial charge on any atom is 0.224 e. The van der Waals surface area contributed by atoms with E-state index in [0.717, 1.165) is 28.6 Å². The molecule has 0 aliphatic carbocycles. The molecule has 1 aromatic carbocycles. The molecule has 124 valence electrons. The van der Waals surface area contributed by atoms with Gasteiger partial charge in [-0.15, -0.1) is 0 Å². The molecule has 0 saturated heterocycles. The summed E-state index contributed by atoms with van der Waals surface area (Å²) in [5.74, 6) is 1.51. The van der Waals surface area contributed by atoms with Gasteiger partial charge in [-0.2, -0.15) is 0 Å². The number of hydrogen-bond donors (Lipinski definition) is 1. The lowest BCUT2D eigenvalue weighted by Crippen LogP contribution is -2.13. The van der Waals surface area contributed by atoms with Gasteiger partial charge in [0.15, 0.2) is 5.89 Å². The second-order valence-corrected chi connectivity index (χ2v) is 7.07. The number of nitrogens with one attached hydrogen (secondary N) is 1. The molecule has 4 nitrogen and oxygen atoms in total. The van der Waals surface area contributed by atoms with Crippen LogP contribution in [0.25, 0.3) is 0 Å². The Bertz CT molecular complexity index is 709. The van der Waals surface area contributed by atoms with Gasteiger partial charge in [0.25, 0.3) is 0 Å². The highest BCUT2D eigenvalue weighted by Gasteiger charge is 2.22. The number of aryl methyl sites for hydroxylation is 3. The van der Waals surface area contributed by atoms with Crippen molar-refractivity contribution >= 4 is 11.6 Å². The molecule has 0 spiro atoms. The highest BCUT2D eigenvalue weighted by Crippen LogP contribution is 2.24. The zero-order valence-corrected chi connectivity index (χ0v) is 14.9. The van der Waals surface area contributed by atoms with E-state index in [4.69, 9.17) is 4.42 Å². The average molecular weight is 314 g/mol. The number of hydrogen-bond acceptors (Lipinski definition) is 3. The minimum atomic E-state index is -0.121. The summed E-state index contributed by atoms with van der Waals surface area (Å²) in [4.78, 5) is 16.7. The number of carbonyl (C=O) groups is 1. The predicted molar refractivity (Wildman–Crippen MR) is 92.8 cm³/mol. The molecular formula is C19H26N2O2. The SMILES string of the molecule is Cc1cccc(NC(=O)CCc2oc(C(C)(C)C)nc2C)c1C. The molecule has 0 aliphatic heterocycles. The van der Waals surface area contributed by atoms with Gasteiger partial charge >= 0.3 is 0 Å². The predicted octanol–water partition coefficient (Wildman–Crippen LogP) is 4.47. The van der Waals surface area contributed by atoms with Crippen LogP contribution in [0.1, 0.15) is 55.7 Å². The van der Waals surface area contributed by atoms with Gasteiger partial charge in [0.2, 0.25) is 5.91 Å². The van der Waals surface area contributed by atoms with Gasteiger partial charge in [-0.05, 0) is 38.0 Å². The molecule has 2 aromatic rings. The third kappa shape index (κ3) is 4.21. The van der Waals surface area contributed by atoms with E-state index in [1.165, 1.54) is 5.56 Å². The maximum absolute atomic E-state index is 12.2. The topological polar surface area (TPSA) is 55.1 Å². The molecule has 1 aromatic heterocycles. The van der Waals surface area contributed by atoms with Gasteiger partial charge in [0, 0.05) is 23.9 Å². The summed E-state index contributed by atoms with van der Waals surface area (Å²) in [6, 6.07) is 5.92. The molecule has 2 rings (SSSR count). The van der Waals surface area contributed by atoms with Crippen LogP contribution in [-0.4, -0.2) is 10.9 Å². The molecule has 0 saturated carbocycles. The molecule has 23 heavy (non-hydrogen) atoms. The molecular weight excluding hydrogens is 288 g/mol. The Morgan fingerprint density at radius 3 is 2.52 bits per heavy atom. The van der Waals surface area contributed by atoms with Crippen LogP contribution in [0, 0.1) is 20.8 Å². The lowest BCUT2D eigenvalue weighted by atomic mass is 9.97. The Morgan fingerprint density at radius 1 is 1.22 bits per heavy atom. The zero-order chi connectivity index (χ0) is 17.2. The van der Waals surface area contributed by atoms with Crippen LogP contribution in [0.4, 0.5) is 5.69 Å². The van der Waals surface area contributed by atoms with Crippen molar-refractivity contribution in [3.63, 3.8) is 0 Å². The second-order valence-electron chi connectivity index (χ2n) is 7.07. The van der Waals surface area contributed by atoms with E-state index >= 15 is 0 Å². The normalized spacial score (nSPS) is 11.6. The summed E-state index contributed by atoms with van der Waals surface area (Å²) < 4.78 is 5.83. The van der Waals surface area contributed by atoms with E-state index in [0.29, 0.717) is 12.8 Å². The second kappa shape index (κ2) is 6.57. The number of anilines is 1. The van der Waals surface area contributed by atoms with E-state index in [1.54, 1.807) is 0 Å². The largest absolute Gasteiger partial charge is 0.445 e. The summed E-state index contributed by atoms with van der Waals surface area (Å²) in [6.45, 7) is 12.2. The standard InChI is InChI=1S/C19H26N2O2/c1-12-8-7-9-15(13(12)2)21-17(22)11-10-16-14(3)20-18(23-16)19(4,5)6/h7-9H,10-11H2,1-6H3,(H,21,22). The van der Waals surface area contributed by atoms with Crippen LogP contribution in [0.2, 0.25) is 0 Å². The smallest absolute Gasteiger partial charge is 0.224 e. The van der Waals surface area contributed by atoms with Crippen LogP contribution in [0.15, 0.2) is 22.6 Å². The van der Waals surface area contributed by atoms with E-state index in [9.17, 15) is 4.79 Å². The summed E-state index contributed by atoms with van der Waals surface area (Å²) in [6.07, 6.45) is 0.943. The first kappa shape index (κ1) is 17.3. The van der Waals surface area contributed by atoms with Crippen LogP contribution in [0.3, 0.4) is 0 Å². The molecule has 1 amide bonds. The average Bonchev–Trinajstić information content (AvgIpc) is 2.83. The van der Waals surface area contributed by atoms with Gasteiger partial charge in [0.1, 0.15) is 5.76 Å². The fraction of sp³-hybridized carbons (Fsp3) is 0.474. The van der Waals surface area contributed by atoms with Crippen molar-refractivity contribution in [1.82, 2.24) is 4.98 Å². The number of benzene rings is 1.